The van der Waals surface area contributed by atoms with Gasteiger partial charge in [-0.2, -0.15) is 0 Å². The number of carbonyl (C=O) groups is 1. The first-order valence-corrected chi connectivity index (χ1v) is 3.22. The monoisotopic (exact) mass is 142 g/mol. The summed E-state index contributed by atoms with van der Waals surface area (Å²) in [7, 11) is 0. The number of hydrogen-bond donors (Lipinski definition) is 1. The summed E-state index contributed by atoms with van der Waals surface area (Å²) in [4.78, 5) is 10.7. The summed E-state index contributed by atoms with van der Waals surface area (Å²) in [6, 6.07) is 0. The summed E-state index contributed by atoms with van der Waals surface area (Å²) in [5.41, 5.74) is 0.494. The lowest BCUT2D eigenvalue weighted by molar-refractivity contribution is -0.135. The fourth-order valence-corrected chi connectivity index (χ4v) is 0.950. The van der Waals surface area contributed by atoms with Crippen LogP contribution < -0.4 is 0 Å². The fourth-order valence-electron chi connectivity index (χ4n) is 0.950. The quantitative estimate of drug-likeness (QED) is 0.439. The average Bonchev–Trinajstić information content (AvgIpc) is 2.20. The number of cyclic esters (lactones) is 1. The standard InChI is InChI=1S/C7H10O3/c1-5-6(2-3-8)4-10-7(5)9/h6,8H,1-4H2. The number of esters is 1. The van der Waals surface area contributed by atoms with E-state index in [4.69, 9.17) is 5.11 Å². The van der Waals surface area contributed by atoms with Crippen LogP contribution in [-0.2, 0) is 9.53 Å². The molecule has 3 heteroatoms. The molecule has 1 aliphatic rings. The van der Waals surface area contributed by atoms with Gasteiger partial charge in [0.2, 0.25) is 0 Å². The minimum Gasteiger partial charge on any atom is -0.462 e. The zero-order chi connectivity index (χ0) is 7.56. The molecule has 1 rings (SSSR count). The van der Waals surface area contributed by atoms with E-state index in [9.17, 15) is 4.79 Å². The Labute approximate surface area is 59.3 Å². The van der Waals surface area contributed by atoms with E-state index in [1.807, 2.05) is 0 Å². The Balaban J connectivity index is 2.49. The maximum atomic E-state index is 10.7. The van der Waals surface area contributed by atoms with Crippen LogP contribution in [0.25, 0.3) is 0 Å². The predicted octanol–water partition coefficient (Wildman–Crippen LogP) is 0.0980. The lowest BCUT2D eigenvalue weighted by Crippen LogP contribution is -2.04. The number of aliphatic hydroxyl groups excluding tert-OH is 1. The first-order chi connectivity index (χ1) is 4.75. The van der Waals surface area contributed by atoms with Gasteiger partial charge in [0.05, 0.1) is 6.61 Å². The highest BCUT2D eigenvalue weighted by Gasteiger charge is 2.27. The van der Waals surface area contributed by atoms with Crippen molar-refractivity contribution in [2.24, 2.45) is 5.92 Å². The van der Waals surface area contributed by atoms with Crippen molar-refractivity contribution >= 4 is 5.97 Å². The lowest BCUT2D eigenvalue weighted by atomic mass is 10.0. The summed E-state index contributed by atoms with van der Waals surface area (Å²) in [5, 5.41) is 8.52. The maximum absolute atomic E-state index is 10.7. The molecule has 1 N–H and O–H groups in total. The molecule has 0 bridgehead atoms. The lowest BCUT2D eigenvalue weighted by Gasteiger charge is -2.01. The van der Waals surface area contributed by atoms with E-state index in [2.05, 4.69) is 11.3 Å². The van der Waals surface area contributed by atoms with Gasteiger partial charge in [-0.25, -0.2) is 4.79 Å². The SMILES string of the molecule is C=C1C(=O)OCC1CCO. The maximum Gasteiger partial charge on any atom is 0.333 e. The molecular formula is C7H10O3. The third-order valence-corrected chi connectivity index (χ3v) is 1.65. The normalized spacial score (nSPS) is 25.1. The summed E-state index contributed by atoms with van der Waals surface area (Å²) >= 11 is 0. The van der Waals surface area contributed by atoms with Gasteiger partial charge in [-0.3, -0.25) is 0 Å². The second-order valence-corrected chi connectivity index (χ2v) is 2.33. The smallest absolute Gasteiger partial charge is 0.333 e. The van der Waals surface area contributed by atoms with Gasteiger partial charge in [0.25, 0.3) is 0 Å². The highest BCUT2D eigenvalue weighted by Crippen LogP contribution is 2.21. The average molecular weight is 142 g/mol. The largest absolute Gasteiger partial charge is 0.462 e. The summed E-state index contributed by atoms with van der Waals surface area (Å²) in [6.45, 7) is 4.02. The van der Waals surface area contributed by atoms with Gasteiger partial charge >= 0.3 is 5.97 Å². The van der Waals surface area contributed by atoms with Crippen molar-refractivity contribution in [1.29, 1.82) is 0 Å². The summed E-state index contributed by atoms with van der Waals surface area (Å²) in [6.07, 6.45) is 0.574. The molecule has 0 saturated carbocycles. The third kappa shape index (κ3) is 1.19. The molecule has 0 aromatic carbocycles. The van der Waals surface area contributed by atoms with E-state index in [-0.39, 0.29) is 18.5 Å². The Morgan fingerprint density at radius 1 is 1.80 bits per heavy atom. The van der Waals surface area contributed by atoms with Crippen LogP contribution in [0.2, 0.25) is 0 Å². The van der Waals surface area contributed by atoms with Crippen LogP contribution in [0.5, 0.6) is 0 Å². The van der Waals surface area contributed by atoms with Gasteiger partial charge in [-0.05, 0) is 6.42 Å². The van der Waals surface area contributed by atoms with Crippen molar-refractivity contribution in [2.45, 2.75) is 6.42 Å². The highest BCUT2D eigenvalue weighted by molar-refractivity contribution is 5.90. The summed E-state index contributed by atoms with van der Waals surface area (Å²) in [5.74, 6) is -0.282. The van der Waals surface area contributed by atoms with E-state index < -0.39 is 0 Å². The van der Waals surface area contributed by atoms with E-state index in [0.29, 0.717) is 18.6 Å². The first kappa shape index (κ1) is 7.28. The first-order valence-electron chi connectivity index (χ1n) is 3.22. The number of hydrogen-bond acceptors (Lipinski definition) is 3. The molecule has 1 atom stereocenters. The zero-order valence-electron chi connectivity index (χ0n) is 5.67. The summed E-state index contributed by atoms with van der Waals surface area (Å²) < 4.78 is 4.68. The molecule has 1 saturated heterocycles. The van der Waals surface area contributed by atoms with Crippen LogP contribution in [0.4, 0.5) is 0 Å². The zero-order valence-corrected chi connectivity index (χ0v) is 5.67. The minimum atomic E-state index is -0.321. The number of carbonyl (C=O) groups excluding carboxylic acids is 1. The van der Waals surface area contributed by atoms with Crippen molar-refractivity contribution in [3.63, 3.8) is 0 Å². The molecule has 0 aliphatic carbocycles. The van der Waals surface area contributed by atoms with Gasteiger partial charge < -0.3 is 9.84 Å². The Morgan fingerprint density at radius 3 is 2.90 bits per heavy atom. The van der Waals surface area contributed by atoms with Gasteiger partial charge in [0.15, 0.2) is 0 Å². The van der Waals surface area contributed by atoms with Gasteiger partial charge in [0.1, 0.15) is 0 Å². The molecule has 0 radical (unpaired) electrons. The topological polar surface area (TPSA) is 46.5 Å². The van der Waals surface area contributed by atoms with Gasteiger partial charge in [-0.15, -0.1) is 0 Å². The number of ether oxygens (including phenoxy) is 1. The van der Waals surface area contributed by atoms with Crippen molar-refractivity contribution in [1.82, 2.24) is 0 Å². The Bertz CT molecular complexity index is 162. The second-order valence-electron chi connectivity index (χ2n) is 2.33. The van der Waals surface area contributed by atoms with Crippen molar-refractivity contribution < 1.29 is 14.6 Å². The van der Waals surface area contributed by atoms with Gasteiger partial charge in [0, 0.05) is 18.1 Å². The van der Waals surface area contributed by atoms with E-state index in [1.54, 1.807) is 0 Å². The molecule has 0 amide bonds. The Morgan fingerprint density at radius 2 is 2.50 bits per heavy atom. The minimum absolute atomic E-state index is 0.0394. The van der Waals surface area contributed by atoms with Crippen LogP contribution in [0.15, 0.2) is 12.2 Å². The van der Waals surface area contributed by atoms with Crippen LogP contribution in [0, 0.1) is 5.92 Å². The number of rotatable bonds is 2. The van der Waals surface area contributed by atoms with Crippen LogP contribution in [0.1, 0.15) is 6.42 Å². The molecule has 56 valence electrons. The molecule has 1 heterocycles. The van der Waals surface area contributed by atoms with E-state index in [1.165, 1.54) is 0 Å². The predicted molar refractivity (Wildman–Crippen MR) is 35.3 cm³/mol. The highest BCUT2D eigenvalue weighted by atomic mass is 16.5. The molecule has 1 fully saturated rings. The Kier molecular flexibility index (Phi) is 2.06. The molecule has 10 heavy (non-hydrogen) atoms. The number of aliphatic hydroxyl groups is 1. The van der Waals surface area contributed by atoms with Crippen LogP contribution in [0.3, 0.4) is 0 Å². The molecule has 0 aromatic rings. The van der Waals surface area contributed by atoms with Gasteiger partial charge in [-0.1, -0.05) is 6.58 Å². The van der Waals surface area contributed by atoms with Crippen LogP contribution in [-0.4, -0.2) is 24.3 Å². The Hall–Kier alpha value is -0.830. The van der Waals surface area contributed by atoms with Crippen molar-refractivity contribution in [2.75, 3.05) is 13.2 Å². The molecule has 0 aromatic heterocycles. The van der Waals surface area contributed by atoms with E-state index >= 15 is 0 Å². The van der Waals surface area contributed by atoms with E-state index in [0.717, 1.165) is 0 Å². The second kappa shape index (κ2) is 2.84. The molecule has 0 spiro atoms. The molecular weight excluding hydrogens is 132 g/mol. The molecule has 1 aliphatic heterocycles. The van der Waals surface area contributed by atoms with Crippen LogP contribution >= 0.6 is 0 Å². The third-order valence-electron chi connectivity index (χ3n) is 1.65. The molecule has 3 nitrogen and oxygen atoms in total. The fraction of sp³-hybridized carbons (Fsp3) is 0.571. The molecule has 1 unspecified atom stereocenters. The van der Waals surface area contributed by atoms with Crippen molar-refractivity contribution in [3.05, 3.63) is 12.2 Å². The van der Waals surface area contributed by atoms with Crippen molar-refractivity contribution in [3.8, 4) is 0 Å².